The highest BCUT2D eigenvalue weighted by molar-refractivity contribution is 8.00. The fraction of sp³-hybridized carbons (Fsp3) is 0.0952. The van der Waals surface area contributed by atoms with E-state index in [0.29, 0.717) is 5.75 Å². The third kappa shape index (κ3) is 3.39. The first kappa shape index (κ1) is 16.5. The van der Waals surface area contributed by atoms with Crippen LogP contribution in [-0.2, 0) is 4.79 Å². The predicted octanol–water partition coefficient (Wildman–Crippen LogP) is 4.03. The van der Waals surface area contributed by atoms with E-state index in [4.69, 9.17) is 0 Å². The Morgan fingerprint density at radius 1 is 1.00 bits per heavy atom. The molecule has 2 aromatic carbocycles. The minimum atomic E-state index is -0.109. The van der Waals surface area contributed by atoms with Crippen LogP contribution in [0.15, 0.2) is 78.2 Å². The molecule has 0 aliphatic heterocycles. The standard InChI is InChI=1S/C21H17N3OS/c25-20(24-23-13-15-9-11-22-12-10-15)14-26-21-18-7-3-1-5-16(18)17-6-2-4-8-19(17)21/h1-13,21H,14H2,(H,24,25)/b23-13-. The van der Waals surface area contributed by atoms with Crippen LogP contribution < -0.4 is 5.43 Å². The minimum absolute atomic E-state index is 0.109. The molecule has 4 rings (SSSR count). The molecule has 0 bridgehead atoms. The van der Waals surface area contributed by atoms with Crippen molar-refractivity contribution in [2.75, 3.05) is 5.75 Å². The summed E-state index contributed by atoms with van der Waals surface area (Å²) in [7, 11) is 0. The Balaban J connectivity index is 1.42. The molecular formula is C21H17N3OS. The molecule has 1 aliphatic rings. The largest absolute Gasteiger partial charge is 0.272 e. The van der Waals surface area contributed by atoms with Crippen molar-refractivity contribution in [3.8, 4) is 11.1 Å². The minimum Gasteiger partial charge on any atom is -0.272 e. The van der Waals surface area contributed by atoms with Crippen LogP contribution in [0.5, 0.6) is 0 Å². The van der Waals surface area contributed by atoms with E-state index in [0.717, 1.165) is 5.56 Å². The second-order valence-electron chi connectivity index (χ2n) is 5.94. The number of nitrogens with one attached hydrogen (secondary N) is 1. The highest BCUT2D eigenvalue weighted by atomic mass is 32.2. The summed E-state index contributed by atoms with van der Waals surface area (Å²) < 4.78 is 0. The van der Waals surface area contributed by atoms with Crippen molar-refractivity contribution in [2.45, 2.75) is 5.25 Å². The number of hydrogen-bond acceptors (Lipinski definition) is 4. The number of carbonyl (C=O) groups is 1. The van der Waals surface area contributed by atoms with Crippen LogP contribution in [0.25, 0.3) is 11.1 Å². The van der Waals surface area contributed by atoms with Gasteiger partial charge in [-0.05, 0) is 39.9 Å². The fourth-order valence-corrected chi connectivity index (χ4v) is 4.26. The molecule has 0 radical (unpaired) electrons. The van der Waals surface area contributed by atoms with E-state index >= 15 is 0 Å². The van der Waals surface area contributed by atoms with Crippen molar-refractivity contribution in [3.05, 3.63) is 89.7 Å². The summed E-state index contributed by atoms with van der Waals surface area (Å²) in [6.45, 7) is 0. The summed E-state index contributed by atoms with van der Waals surface area (Å²) in [6.07, 6.45) is 4.99. The number of hydrogen-bond donors (Lipinski definition) is 1. The van der Waals surface area contributed by atoms with Crippen molar-refractivity contribution in [2.24, 2.45) is 5.10 Å². The van der Waals surface area contributed by atoms with Gasteiger partial charge < -0.3 is 0 Å². The monoisotopic (exact) mass is 359 g/mol. The third-order valence-electron chi connectivity index (χ3n) is 4.27. The van der Waals surface area contributed by atoms with Crippen molar-refractivity contribution >= 4 is 23.9 Å². The zero-order chi connectivity index (χ0) is 17.8. The van der Waals surface area contributed by atoms with Crippen LogP contribution >= 0.6 is 11.8 Å². The molecule has 128 valence electrons. The van der Waals surface area contributed by atoms with Gasteiger partial charge in [-0.25, -0.2) is 5.43 Å². The normalized spacial score (nSPS) is 12.8. The number of hydrazone groups is 1. The molecule has 3 aromatic rings. The Hall–Kier alpha value is -2.92. The molecule has 0 fully saturated rings. The summed E-state index contributed by atoms with van der Waals surface area (Å²) in [4.78, 5) is 16.1. The number of nitrogens with zero attached hydrogens (tertiary/aromatic N) is 2. The topological polar surface area (TPSA) is 54.4 Å². The van der Waals surface area contributed by atoms with Gasteiger partial charge in [-0.15, -0.1) is 11.8 Å². The Morgan fingerprint density at radius 3 is 2.27 bits per heavy atom. The van der Waals surface area contributed by atoms with E-state index < -0.39 is 0 Å². The van der Waals surface area contributed by atoms with E-state index in [-0.39, 0.29) is 11.2 Å². The second kappa shape index (κ2) is 7.54. The first-order valence-corrected chi connectivity index (χ1v) is 9.39. The van der Waals surface area contributed by atoms with Gasteiger partial charge in [0.1, 0.15) is 0 Å². The number of amides is 1. The lowest BCUT2D eigenvalue weighted by molar-refractivity contribution is -0.118. The van der Waals surface area contributed by atoms with Gasteiger partial charge in [-0.3, -0.25) is 9.78 Å². The molecule has 5 heteroatoms. The maximum Gasteiger partial charge on any atom is 0.250 e. The van der Waals surface area contributed by atoms with Crippen LogP contribution in [0.3, 0.4) is 0 Å². The molecule has 1 N–H and O–H groups in total. The summed E-state index contributed by atoms with van der Waals surface area (Å²) in [5, 5.41) is 4.19. The van der Waals surface area contributed by atoms with Gasteiger partial charge >= 0.3 is 0 Å². The van der Waals surface area contributed by atoms with Crippen molar-refractivity contribution < 1.29 is 4.79 Å². The molecule has 0 atom stereocenters. The molecule has 26 heavy (non-hydrogen) atoms. The van der Waals surface area contributed by atoms with Crippen LogP contribution in [0.2, 0.25) is 0 Å². The molecule has 1 heterocycles. The lowest BCUT2D eigenvalue weighted by Crippen LogP contribution is -2.20. The maximum absolute atomic E-state index is 12.2. The van der Waals surface area contributed by atoms with Gasteiger partial charge in [-0.1, -0.05) is 48.5 Å². The highest BCUT2D eigenvalue weighted by Gasteiger charge is 2.28. The Kier molecular flexibility index (Phi) is 4.80. The predicted molar refractivity (Wildman–Crippen MR) is 106 cm³/mol. The average Bonchev–Trinajstić information content (AvgIpc) is 3.01. The molecular weight excluding hydrogens is 342 g/mol. The third-order valence-corrected chi connectivity index (χ3v) is 5.54. The van der Waals surface area contributed by atoms with E-state index in [2.05, 4.69) is 64.0 Å². The van der Waals surface area contributed by atoms with Gasteiger partial charge in [0, 0.05) is 12.4 Å². The summed E-state index contributed by atoms with van der Waals surface area (Å²) >= 11 is 1.63. The van der Waals surface area contributed by atoms with Crippen molar-refractivity contribution in [1.29, 1.82) is 0 Å². The van der Waals surface area contributed by atoms with Gasteiger partial charge in [0.2, 0.25) is 5.91 Å². The summed E-state index contributed by atoms with van der Waals surface area (Å²) in [5.41, 5.74) is 8.55. The summed E-state index contributed by atoms with van der Waals surface area (Å²) in [5.74, 6) is 0.239. The number of benzene rings is 2. The van der Waals surface area contributed by atoms with Gasteiger partial charge in [0.25, 0.3) is 0 Å². The average molecular weight is 359 g/mol. The quantitative estimate of drug-likeness (QED) is 0.553. The van der Waals surface area contributed by atoms with Gasteiger partial charge in [0.05, 0.1) is 17.2 Å². The number of aromatic nitrogens is 1. The van der Waals surface area contributed by atoms with Gasteiger partial charge in [-0.2, -0.15) is 5.10 Å². The zero-order valence-corrected chi connectivity index (χ0v) is 14.8. The molecule has 1 aromatic heterocycles. The van der Waals surface area contributed by atoms with Crippen LogP contribution in [0, 0.1) is 0 Å². The van der Waals surface area contributed by atoms with E-state index in [9.17, 15) is 4.79 Å². The van der Waals surface area contributed by atoms with E-state index in [1.165, 1.54) is 22.3 Å². The number of rotatable bonds is 5. The first-order chi connectivity index (χ1) is 12.8. The van der Waals surface area contributed by atoms with Crippen molar-refractivity contribution in [1.82, 2.24) is 10.4 Å². The SMILES string of the molecule is O=C(CSC1c2ccccc2-c2ccccc21)N/N=C\c1ccncc1. The van der Waals surface area contributed by atoms with Crippen LogP contribution in [0.1, 0.15) is 21.9 Å². The summed E-state index contributed by atoms with van der Waals surface area (Å²) in [6, 6.07) is 20.5. The second-order valence-corrected chi connectivity index (χ2v) is 7.03. The zero-order valence-electron chi connectivity index (χ0n) is 14.0. The number of pyridine rings is 1. The first-order valence-electron chi connectivity index (χ1n) is 8.35. The molecule has 0 spiro atoms. The molecule has 1 aliphatic carbocycles. The van der Waals surface area contributed by atoms with Crippen LogP contribution in [-0.4, -0.2) is 22.9 Å². The van der Waals surface area contributed by atoms with Crippen molar-refractivity contribution in [3.63, 3.8) is 0 Å². The molecule has 0 saturated heterocycles. The Bertz CT molecular complexity index is 911. The Labute approximate surface area is 156 Å². The number of fused-ring (bicyclic) bond motifs is 3. The lowest BCUT2D eigenvalue weighted by Gasteiger charge is -2.12. The van der Waals surface area contributed by atoms with E-state index in [1.54, 1.807) is 30.4 Å². The van der Waals surface area contributed by atoms with E-state index in [1.807, 2.05) is 12.1 Å². The number of carbonyl (C=O) groups excluding carboxylic acids is 1. The lowest BCUT2D eigenvalue weighted by atomic mass is 10.1. The molecule has 0 saturated carbocycles. The molecule has 0 unspecified atom stereocenters. The molecule has 1 amide bonds. The highest BCUT2D eigenvalue weighted by Crippen LogP contribution is 2.49. The Morgan fingerprint density at radius 2 is 1.62 bits per heavy atom. The number of thioether (sulfide) groups is 1. The molecule has 4 nitrogen and oxygen atoms in total. The smallest absolute Gasteiger partial charge is 0.250 e. The van der Waals surface area contributed by atoms with Gasteiger partial charge in [0.15, 0.2) is 0 Å². The fourth-order valence-electron chi connectivity index (χ4n) is 3.11. The maximum atomic E-state index is 12.2. The van der Waals surface area contributed by atoms with Crippen LogP contribution in [0.4, 0.5) is 0 Å².